The highest BCUT2D eigenvalue weighted by atomic mass is 19.3. The molecule has 4 nitrogen and oxygen atoms in total. The number of alkyl halides is 2. The average molecular weight is 359 g/mol. The Morgan fingerprint density at radius 1 is 1.27 bits per heavy atom. The summed E-state index contributed by atoms with van der Waals surface area (Å²) in [6, 6.07) is 8.15. The van der Waals surface area contributed by atoms with Crippen LogP contribution in [0.2, 0.25) is 0 Å². The molecule has 1 saturated heterocycles. The number of aromatic nitrogens is 2. The van der Waals surface area contributed by atoms with Crippen LogP contribution in [0.3, 0.4) is 0 Å². The SMILES string of the molecule is Cc1cn(CC(=O)N2CC(F)(F)C2)c2cc(-c3ccccc3F)cnc12. The summed E-state index contributed by atoms with van der Waals surface area (Å²) in [4.78, 5) is 17.8. The van der Waals surface area contributed by atoms with E-state index in [2.05, 4.69) is 4.98 Å². The molecule has 0 saturated carbocycles. The van der Waals surface area contributed by atoms with Crippen LogP contribution >= 0.6 is 0 Å². The van der Waals surface area contributed by atoms with Crippen molar-refractivity contribution in [2.45, 2.75) is 19.4 Å². The molecular weight excluding hydrogens is 343 g/mol. The minimum Gasteiger partial charge on any atom is -0.336 e. The first-order valence-corrected chi connectivity index (χ1v) is 8.20. The molecule has 2 aromatic heterocycles. The number of carbonyl (C=O) groups excluding carboxylic acids is 1. The Morgan fingerprint density at radius 2 is 2.00 bits per heavy atom. The third-order valence-electron chi connectivity index (χ3n) is 4.59. The first kappa shape index (κ1) is 16.6. The van der Waals surface area contributed by atoms with Gasteiger partial charge in [0.2, 0.25) is 5.91 Å². The fourth-order valence-electron chi connectivity index (χ4n) is 3.25. The van der Waals surface area contributed by atoms with Crippen LogP contribution in [0.1, 0.15) is 5.56 Å². The minimum atomic E-state index is -2.79. The van der Waals surface area contributed by atoms with E-state index >= 15 is 0 Å². The molecule has 0 radical (unpaired) electrons. The van der Waals surface area contributed by atoms with Crippen LogP contribution in [-0.4, -0.2) is 39.4 Å². The maximum Gasteiger partial charge on any atom is 0.282 e. The molecule has 0 spiro atoms. The number of pyridine rings is 1. The number of halogens is 3. The van der Waals surface area contributed by atoms with E-state index in [1.165, 1.54) is 6.07 Å². The molecule has 3 aromatic rings. The Hall–Kier alpha value is -2.83. The summed E-state index contributed by atoms with van der Waals surface area (Å²) in [7, 11) is 0. The largest absolute Gasteiger partial charge is 0.336 e. The zero-order valence-electron chi connectivity index (χ0n) is 14.0. The van der Waals surface area contributed by atoms with Crippen molar-refractivity contribution in [2.75, 3.05) is 13.1 Å². The lowest BCUT2D eigenvalue weighted by molar-refractivity contribution is -0.166. The van der Waals surface area contributed by atoms with Crippen molar-refractivity contribution in [3.8, 4) is 11.1 Å². The smallest absolute Gasteiger partial charge is 0.282 e. The normalized spacial score (nSPS) is 15.9. The number of rotatable bonds is 3. The van der Waals surface area contributed by atoms with Crippen LogP contribution in [0.25, 0.3) is 22.2 Å². The van der Waals surface area contributed by atoms with Gasteiger partial charge in [-0.25, -0.2) is 13.2 Å². The van der Waals surface area contributed by atoms with Gasteiger partial charge in [-0.3, -0.25) is 9.78 Å². The summed E-state index contributed by atoms with van der Waals surface area (Å²) in [5, 5.41) is 0. The fraction of sp³-hybridized carbons (Fsp3) is 0.263. The second kappa shape index (κ2) is 5.86. The summed E-state index contributed by atoms with van der Waals surface area (Å²) in [6.45, 7) is 0.727. The molecule has 1 aliphatic heterocycles. The van der Waals surface area contributed by atoms with Crippen molar-refractivity contribution in [1.29, 1.82) is 0 Å². The highest BCUT2D eigenvalue weighted by Crippen LogP contribution is 2.29. The maximum absolute atomic E-state index is 14.1. The molecule has 0 N–H and O–H groups in total. The van der Waals surface area contributed by atoms with Gasteiger partial charge in [0.25, 0.3) is 5.92 Å². The van der Waals surface area contributed by atoms with Crippen molar-refractivity contribution in [3.63, 3.8) is 0 Å². The Labute approximate surface area is 147 Å². The number of likely N-dealkylation sites (tertiary alicyclic amines) is 1. The van der Waals surface area contributed by atoms with Gasteiger partial charge in [-0.05, 0) is 24.6 Å². The Bertz CT molecular complexity index is 1000. The summed E-state index contributed by atoms with van der Waals surface area (Å²) in [5.74, 6) is -3.52. The van der Waals surface area contributed by atoms with Gasteiger partial charge < -0.3 is 9.47 Å². The predicted molar refractivity (Wildman–Crippen MR) is 91.4 cm³/mol. The summed E-state index contributed by atoms with van der Waals surface area (Å²) in [6.07, 6.45) is 3.36. The van der Waals surface area contributed by atoms with Gasteiger partial charge >= 0.3 is 0 Å². The van der Waals surface area contributed by atoms with Crippen LogP contribution in [0, 0.1) is 12.7 Å². The van der Waals surface area contributed by atoms with Gasteiger partial charge in [-0.2, -0.15) is 0 Å². The van der Waals surface area contributed by atoms with Gasteiger partial charge in [0.15, 0.2) is 0 Å². The number of hydrogen-bond acceptors (Lipinski definition) is 2. The molecule has 1 aliphatic rings. The first-order valence-electron chi connectivity index (χ1n) is 8.20. The molecule has 0 bridgehead atoms. The Balaban J connectivity index is 1.68. The standard InChI is InChI=1S/C19H16F3N3O/c1-12-8-24(9-17(26)25-10-19(21,22)11-25)16-6-13(7-23-18(12)16)14-4-2-3-5-15(14)20/h2-8H,9-11H2,1H3. The van der Waals surface area contributed by atoms with E-state index in [0.717, 1.165) is 10.5 Å². The molecule has 0 atom stereocenters. The highest BCUT2D eigenvalue weighted by Gasteiger charge is 2.46. The van der Waals surface area contributed by atoms with E-state index in [4.69, 9.17) is 0 Å². The van der Waals surface area contributed by atoms with Crippen molar-refractivity contribution in [3.05, 3.63) is 54.1 Å². The Morgan fingerprint density at radius 3 is 2.69 bits per heavy atom. The van der Waals surface area contributed by atoms with E-state index in [9.17, 15) is 18.0 Å². The molecule has 0 unspecified atom stereocenters. The van der Waals surface area contributed by atoms with E-state index < -0.39 is 19.0 Å². The second-order valence-electron chi connectivity index (χ2n) is 6.62. The van der Waals surface area contributed by atoms with Crippen molar-refractivity contribution in [1.82, 2.24) is 14.5 Å². The molecule has 1 aromatic carbocycles. The summed E-state index contributed by atoms with van der Waals surface area (Å²) in [5.41, 5.74) is 3.25. The van der Waals surface area contributed by atoms with E-state index in [1.54, 1.807) is 41.2 Å². The van der Waals surface area contributed by atoms with E-state index in [0.29, 0.717) is 22.2 Å². The lowest BCUT2D eigenvalue weighted by Gasteiger charge is -2.38. The molecule has 26 heavy (non-hydrogen) atoms. The van der Waals surface area contributed by atoms with Crippen molar-refractivity contribution < 1.29 is 18.0 Å². The lowest BCUT2D eigenvalue weighted by Crippen LogP contribution is -2.59. The second-order valence-corrected chi connectivity index (χ2v) is 6.62. The van der Waals surface area contributed by atoms with Crippen molar-refractivity contribution in [2.24, 2.45) is 0 Å². The van der Waals surface area contributed by atoms with Gasteiger partial charge in [-0.1, -0.05) is 18.2 Å². The third kappa shape index (κ3) is 2.83. The average Bonchev–Trinajstić information content (AvgIpc) is 2.88. The van der Waals surface area contributed by atoms with Crippen LogP contribution in [0.15, 0.2) is 42.7 Å². The number of aryl methyl sites for hydroxylation is 1. The van der Waals surface area contributed by atoms with Crippen molar-refractivity contribution >= 4 is 16.9 Å². The highest BCUT2D eigenvalue weighted by molar-refractivity contribution is 5.86. The number of hydrogen-bond donors (Lipinski definition) is 0. The minimum absolute atomic E-state index is 0.0528. The number of nitrogens with zero attached hydrogens (tertiary/aromatic N) is 3. The van der Waals surface area contributed by atoms with Crippen LogP contribution in [-0.2, 0) is 11.3 Å². The van der Waals surface area contributed by atoms with Gasteiger partial charge in [0, 0.05) is 23.5 Å². The predicted octanol–water partition coefficient (Wildman–Crippen LogP) is 3.63. The number of amides is 1. The zero-order valence-corrected chi connectivity index (χ0v) is 14.0. The molecule has 7 heteroatoms. The summed E-state index contributed by atoms with van der Waals surface area (Å²) < 4.78 is 41.7. The fourth-order valence-corrected chi connectivity index (χ4v) is 3.25. The maximum atomic E-state index is 14.1. The molecule has 134 valence electrons. The van der Waals surface area contributed by atoms with Gasteiger partial charge in [0.05, 0.1) is 24.1 Å². The Kier molecular flexibility index (Phi) is 3.75. The number of carbonyl (C=O) groups is 1. The third-order valence-corrected chi connectivity index (χ3v) is 4.59. The van der Waals surface area contributed by atoms with E-state index in [1.807, 2.05) is 6.92 Å². The topological polar surface area (TPSA) is 38.1 Å². The molecule has 1 fully saturated rings. The van der Waals surface area contributed by atoms with Gasteiger partial charge in [0.1, 0.15) is 12.4 Å². The molecule has 4 rings (SSSR count). The number of fused-ring (bicyclic) bond motifs is 1. The quantitative estimate of drug-likeness (QED) is 0.716. The monoisotopic (exact) mass is 359 g/mol. The zero-order chi connectivity index (χ0) is 18.5. The van der Waals surface area contributed by atoms with Crippen LogP contribution in [0.5, 0.6) is 0 Å². The van der Waals surface area contributed by atoms with E-state index in [-0.39, 0.29) is 18.3 Å². The van der Waals surface area contributed by atoms with Crippen LogP contribution in [0.4, 0.5) is 13.2 Å². The summed E-state index contributed by atoms with van der Waals surface area (Å²) >= 11 is 0. The molecular formula is C19H16F3N3O. The number of benzene rings is 1. The van der Waals surface area contributed by atoms with Gasteiger partial charge in [-0.15, -0.1) is 0 Å². The molecule has 0 aliphatic carbocycles. The molecule has 3 heterocycles. The molecule has 1 amide bonds. The van der Waals surface area contributed by atoms with Crippen LogP contribution < -0.4 is 0 Å². The lowest BCUT2D eigenvalue weighted by atomic mass is 10.1. The first-order chi connectivity index (χ1) is 12.3.